The van der Waals surface area contributed by atoms with Gasteiger partial charge in [-0.3, -0.25) is 9.48 Å². The van der Waals surface area contributed by atoms with Gasteiger partial charge in [-0.2, -0.15) is 0 Å². The predicted octanol–water partition coefficient (Wildman–Crippen LogP) is 0.109. The number of nitrogens with zero attached hydrogens (tertiary/aromatic N) is 4. The first-order valence-corrected chi connectivity index (χ1v) is 6.10. The Morgan fingerprint density at radius 1 is 1.65 bits per heavy atom. The topological polar surface area (TPSA) is 77.0 Å². The van der Waals surface area contributed by atoms with Crippen LogP contribution in [0.2, 0.25) is 0 Å². The van der Waals surface area contributed by atoms with Crippen molar-refractivity contribution in [2.45, 2.75) is 26.3 Å². The first-order chi connectivity index (χ1) is 8.20. The minimum absolute atomic E-state index is 0.0141. The van der Waals surface area contributed by atoms with Gasteiger partial charge < -0.3 is 10.6 Å². The molecule has 94 valence electrons. The van der Waals surface area contributed by atoms with Crippen LogP contribution in [0.4, 0.5) is 0 Å². The van der Waals surface area contributed by atoms with Crippen molar-refractivity contribution < 1.29 is 4.79 Å². The third kappa shape index (κ3) is 2.82. The molecule has 0 aromatic carbocycles. The number of hydrogen-bond acceptors (Lipinski definition) is 4. The fourth-order valence-corrected chi connectivity index (χ4v) is 2.17. The van der Waals surface area contributed by atoms with Crippen molar-refractivity contribution in [2.24, 2.45) is 11.7 Å². The van der Waals surface area contributed by atoms with Crippen LogP contribution in [0.1, 0.15) is 30.3 Å². The number of piperidine rings is 1. The van der Waals surface area contributed by atoms with Crippen molar-refractivity contribution >= 4 is 5.91 Å². The average Bonchev–Trinajstić information content (AvgIpc) is 2.77. The standard InChI is InChI=1S/C11H19N5O/c1-9-3-2-5-15(7-9)11(17)10-8-16(6-4-12)14-13-10/h8-9H,2-7,12H2,1H3/t9-/m1/s1. The lowest BCUT2D eigenvalue weighted by atomic mass is 10.0. The van der Waals surface area contributed by atoms with E-state index in [-0.39, 0.29) is 5.91 Å². The van der Waals surface area contributed by atoms with Gasteiger partial charge in [0.25, 0.3) is 5.91 Å². The van der Waals surface area contributed by atoms with Gasteiger partial charge in [0.05, 0.1) is 12.7 Å². The van der Waals surface area contributed by atoms with E-state index in [1.54, 1.807) is 10.9 Å². The van der Waals surface area contributed by atoms with Crippen LogP contribution >= 0.6 is 0 Å². The van der Waals surface area contributed by atoms with Crippen LogP contribution in [0.3, 0.4) is 0 Å². The van der Waals surface area contributed by atoms with Crippen LogP contribution in [0, 0.1) is 5.92 Å². The summed E-state index contributed by atoms with van der Waals surface area (Å²) in [6.45, 7) is 4.91. The number of nitrogens with two attached hydrogens (primary N) is 1. The Morgan fingerprint density at radius 3 is 3.18 bits per heavy atom. The Balaban J connectivity index is 2.02. The Bertz CT molecular complexity index is 389. The fourth-order valence-electron chi connectivity index (χ4n) is 2.17. The summed E-state index contributed by atoms with van der Waals surface area (Å²) in [5, 5.41) is 7.78. The Labute approximate surface area is 101 Å². The second kappa shape index (κ2) is 5.27. The van der Waals surface area contributed by atoms with Crippen LogP contribution in [-0.4, -0.2) is 45.4 Å². The monoisotopic (exact) mass is 237 g/mol. The van der Waals surface area contributed by atoms with E-state index in [1.807, 2.05) is 4.90 Å². The highest BCUT2D eigenvalue weighted by Gasteiger charge is 2.23. The summed E-state index contributed by atoms with van der Waals surface area (Å²) in [7, 11) is 0. The molecule has 1 atom stereocenters. The van der Waals surface area contributed by atoms with Crippen molar-refractivity contribution in [3.05, 3.63) is 11.9 Å². The Hall–Kier alpha value is -1.43. The molecule has 1 aliphatic heterocycles. The number of likely N-dealkylation sites (tertiary alicyclic amines) is 1. The molecule has 0 unspecified atom stereocenters. The summed E-state index contributed by atoms with van der Waals surface area (Å²) in [6.07, 6.45) is 3.95. The van der Waals surface area contributed by atoms with E-state index in [2.05, 4.69) is 17.2 Å². The van der Waals surface area contributed by atoms with Gasteiger partial charge in [0.15, 0.2) is 5.69 Å². The van der Waals surface area contributed by atoms with Crippen molar-refractivity contribution in [3.63, 3.8) is 0 Å². The zero-order valence-electron chi connectivity index (χ0n) is 10.2. The highest BCUT2D eigenvalue weighted by molar-refractivity contribution is 5.91. The molecule has 2 rings (SSSR count). The summed E-state index contributed by atoms with van der Waals surface area (Å²) >= 11 is 0. The lowest BCUT2D eigenvalue weighted by Gasteiger charge is -2.30. The number of carbonyl (C=O) groups is 1. The second-order valence-electron chi connectivity index (χ2n) is 4.65. The van der Waals surface area contributed by atoms with Crippen LogP contribution < -0.4 is 5.73 Å². The van der Waals surface area contributed by atoms with E-state index in [0.29, 0.717) is 24.7 Å². The lowest BCUT2D eigenvalue weighted by molar-refractivity contribution is 0.0677. The molecule has 0 spiro atoms. The maximum Gasteiger partial charge on any atom is 0.276 e. The van der Waals surface area contributed by atoms with E-state index in [9.17, 15) is 4.79 Å². The number of aromatic nitrogens is 3. The molecule has 6 heteroatoms. The quantitative estimate of drug-likeness (QED) is 0.809. The molecule has 1 aromatic heterocycles. The summed E-state index contributed by atoms with van der Waals surface area (Å²) in [5.41, 5.74) is 5.85. The van der Waals surface area contributed by atoms with E-state index in [0.717, 1.165) is 19.5 Å². The number of rotatable bonds is 3. The minimum Gasteiger partial charge on any atom is -0.337 e. The SMILES string of the molecule is C[C@@H]1CCCN(C(=O)c2cn(CCN)nn2)C1. The summed E-state index contributed by atoms with van der Waals surface area (Å²) in [6, 6.07) is 0. The first-order valence-electron chi connectivity index (χ1n) is 6.10. The van der Waals surface area contributed by atoms with Gasteiger partial charge in [-0.15, -0.1) is 5.10 Å². The largest absolute Gasteiger partial charge is 0.337 e. The van der Waals surface area contributed by atoms with Crippen LogP contribution in [-0.2, 0) is 6.54 Å². The predicted molar refractivity (Wildman–Crippen MR) is 63.4 cm³/mol. The zero-order valence-corrected chi connectivity index (χ0v) is 10.2. The van der Waals surface area contributed by atoms with Gasteiger partial charge in [-0.25, -0.2) is 0 Å². The second-order valence-corrected chi connectivity index (χ2v) is 4.65. The van der Waals surface area contributed by atoms with Crippen molar-refractivity contribution in [1.82, 2.24) is 19.9 Å². The van der Waals surface area contributed by atoms with Crippen molar-refractivity contribution in [2.75, 3.05) is 19.6 Å². The van der Waals surface area contributed by atoms with Gasteiger partial charge >= 0.3 is 0 Å². The lowest BCUT2D eigenvalue weighted by Crippen LogP contribution is -2.39. The molecule has 17 heavy (non-hydrogen) atoms. The number of amides is 1. The smallest absolute Gasteiger partial charge is 0.276 e. The van der Waals surface area contributed by atoms with E-state index >= 15 is 0 Å². The van der Waals surface area contributed by atoms with Crippen LogP contribution in [0.25, 0.3) is 0 Å². The molecule has 0 bridgehead atoms. The maximum absolute atomic E-state index is 12.1. The van der Waals surface area contributed by atoms with Gasteiger partial charge in [0, 0.05) is 19.6 Å². The van der Waals surface area contributed by atoms with E-state index in [4.69, 9.17) is 5.73 Å². The highest BCUT2D eigenvalue weighted by atomic mass is 16.2. The molecule has 0 saturated carbocycles. The van der Waals surface area contributed by atoms with E-state index < -0.39 is 0 Å². The molecule has 1 fully saturated rings. The average molecular weight is 237 g/mol. The zero-order chi connectivity index (χ0) is 12.3. The molecule has 0 radical (unpaired) electrons. The van der Waals surface area contributed by atoms with Crippen molar-refractivity contribution in [1.29, 1.82) is 0 Å². The highest BCUT2D eigenvalue weighted by Crippen LogP contribution is 2.16. The summed E-state index contributed by atoms with van der Waals surface area (Å²) in [5.74, 6) is 0.562. The normalized spacial score (nSPS) is 20.6. The Morgan fingerprint density at radius 2 is 2.47 bits per heavy atom. The van der Waals surface area contributed by atoms with Gasteiger partial charge in [0.1, 0.15) is 0 Å². The van der Waals surface area contributed by atoms with Gasteiger partial charge in [-0.05, 0) is 18.8 Å². The summed E-state index contributed by atoms with van der Waals surface area (Å²) < 4.78 is 1.61. The minimum atomic E-state index is -0.0141. The number of hydrogen-bond donors (Lipinski definition) is 1. The van der Waals surface area contributed by atoms with Crippen molar-refractivity contribution in [3.8, 4) is 0 Å². The molecule has 1 amide bonds. The number of carbonyl (C=O) groups excluding carboxylic acids is 1. The molecule has 1 saturated heterocycles. The molecule has 1 aromatic rings. The first kappa shape index (κ1) is 12.0. The fraction of sp³-hybridized carbons (Fsp3) is 0.727. The van der Waals surface area contributed by atoms with E-state index in [1.165, 1.54) is 6.42 Å². The molecular formula is C11H19N5O. The van der Waals surface area contributed by atoms with Gasteiger partial charge in [-0.1, -0.05) is 12.1 Å². The van der Waals surface area contributed by atoms with Crippen LogP contribution in [0.5, 0.6) is 0 Å². The summed E-state index contributed by atoms with van der Waals surface area (Å²) in [4.78, 5) is 14.0. The van der Waals surface area contributed by atoms with Gasteiger partial charge in [0.2, 0.25) is 0 Å². The maximum atomic E-state index is 12.1. The third-order valence-corrected chi connectivity index (χ3v) is 3.06. The molecule has 2 N–H and O–H groups in total. The molecular weight excluding hydrogens is 218 g/mol. The third-order valence-electron chi connectivity index (χ3n) is 3.06. The Kier molecular flexibility index (Phi) is 3.73. The molecule has 6 nitrogen and oxygen atoms in total. The molecule has 0 aliphatic carbocycles. The molecule has 2 heterocycles. The molecule has 1 aliphatic rings. The van der Waals surface area contributed by atoms with Crippen LogP contribution in [0.15, 0.2) is 6.20 Å².